The van der Waals surface area contributed by atoms with Crippen molar-refractivity contribution in [2.24, 2.45) is 0 Å². The molecule has 2 rings (SSSR count). The van der Waals surface area contributed by atoms with Crippen molar-refractivity contribution in [3.63, 3.8) is 0 Å². The van der Waals surface area contributed by atoms with Crippen LogP contribution in [0.15, 0.2) is 17.5 Å². The average Bonchev–Trinajstić information content (AvgIpc) is 3.02. The Morgan fingerprint density at radius 2 is 2.29 bits per heavy atom. The van der Waals surface area contributed by atoms with Gasteiger partial charge in [0.2, 0.25) is 0 Å². The molecule has 0 aliphatic heterocycles. The van der Waals surface area contributed by atoms with Crippen LogP contribution in [0.3, 0.4) is 0 Å². The molecule has 1 aliphatic rings. The Hall–Kier alpha value is 0.01000. The molecule has 0 saturated heterocycles. The highest BCUT2D eigenvalue weighted by Gasteiger charge is 2.17. The first-order chi connectivity index (χ1) is 8.38. The number of nitrogens with one attached hydrogen (secondary N) is 1. The van der Waals surface area contributed by atoms with Crippen LogP contribution in [0.2, 0.25) is 0 Å². The number of aryl methyl sites for hydroxylation is 1. The van der Waals surface area contributed by atoms with E-state index in [0.29, 0.717) is 6.04 Å². The molecule has 1 aliphatic carbocycles. The van der Waals surface area contributed by atoms with Gasteiger partial charge >= 0.3 is 0 Å². The van der Waals surface area contributed by atoms with E-state index in [-0.39, 0.29) is 0 Å². The molecule has 96 valence electrons. The summed E-state index contributed by atoms with van der Waals surface area (Å²) in [6.45, 7) is 0. The highest BCUT2D eigenvalue weighted by molar-refractivity contribution is 7.99. The number of thiophene rings is 1. The highest BCUT2D eigenvalue weighted by Crippen LogP contribution is 2.30. The van der Waals surface area contributed by atoms with Crippen molar-refractivity contribution in [2.75, 3.05) is 12.8 Å². The molecule has 0 amide bonds. The first kappa shape index (κ1) is 13.4. The lowest BCUT2D eigenvalue weighted by atomic mass is 10.1. The van der Waals surface area contributed by atoms with Gasteiger partial charge < -0.3 is 5.32 Å². The maximum absolute atomic E-state index is 3.47. The van der Waals surface area contributed by atoms with E-state index in [1.807, 2.05) is 11.3 Å². The van der Waals surface area contributed by atoms with Gasteiger partial charge in [-0.05, 0) is 44.2 Å². The fourth-order valence-electron chi connectivity index (χ4n) is 2.39. The van der Waals surface area contributed by atoms with Crippen LogP contribution >= 0.6 is 23.1 Å². The predicted octanol–water partition coefficient (Wildman–Crippen LogP) is 3.94. The van der Waals surface area contributed by atoms with Gasteiger partial charge in [-0.25, -0.2) is 0 Å². The second-order valence-corrected chi connectivity index (χ2v) is 7.21. The Morgan fingerprint density at radius 1 is 1.47 bits per heavy atom. The number of hydrogen-bond donors (Lipinski definition) is 1. The van der Waals surface area contributed by atoms with E-state index in [9.17, 15) is 0 Å². The Morgan fingerprint density at radius 3 is 2.94 bits per heavy atom. The molecule has 1 N–H and O–H groups in total. The van der Waals surface area contributed by atoms with Crippen LogP contribution in [-0.4, -0.2) is 24.1 Å². The molecular formula is C14H23NS2. The molecule has 1 saturated carbocycles. The van der Waals surface area contributed by atoms with Gasteiger partial charge in [0.1, 0.15) is 0 Å². The third-order valence-electron chi connectivity index (χ3n) is 3.56. The van der Waals surface area contributed by atoms with Crippen LogP contribution < -0.4 is 5.32 Å². The Kier molecular flexibility index (Phi) is 5.89. The van der Waals surface area contributed by atoms with Crippen LogP contribution in [0.4, 0.5) is 0 Å². The van der Waals surface area contributed by atoms with E-state index in [4.69, 9.17) is 0 Å². The summed E-state index contributed by atoms with van der Waals surface area (Å²) in [6, 6.07) is 5.09. The standard InChI is InChI=1S/C14H23NS2/c1-15-12(8-9-14-7-4-10-16-14)11-17-13-5-2-3-6-13/h4,7,10,12-13,15H,2-3,5-6,8-9,11H2,1H3. The second-order valence-electron chi connectivity index (χ2n) is 4.84. The summed E-state index contributed by atoms with van der Waals surface area (Å²) in [4.78, 5) is 1.52. The third-order valence-corrected chi connectivity index (χ3v) is 6.04. The maximum atomic E-state index is 3.47. The van der Waals surface area contributed by atoms with Gasteiger partial charge in [-0.1, -0.05) is 18.9 Å². The lowest BCUT2D eigenvalue weighted by Gasteiger charge is -2.17. The monoisotopic (exact) mass is 269 g/mol. The van der Waals surface area contributed by atoms with Crippen molar-refractivity contribution < 1.29 is 0 Å². The van der Waals surface area contributed by atoms with Gasteiger partial charge in [-0.3, -0.25) is 0 Å². The van der Waals surface area contributed by atoms with Crippen LogP contribution in [0.5, 0.6) is 0 Å². The van der Waals surface area contributed by atoms with Crippen LogP contribution in [0.1, 0.15) is 37.0 Å². The Bertz CT molecular complexity index is 291. The van der Waals surface area contributed by atoms with E-state index in [1.54, 1.807) is 0 Å². The minimum atomic E-state index is 0.683. The predicted molar refractivity (Wildman–Crippen MR) is 80.2 cm³/mol. The van der Waals surface area contributed by atoms with Gasteiger partial charge in [-0.2, -0.15) is 11.8 Å². The van der Waals surface area contributed by atoms with Gasteiger partial charge in [0, 0.05) is 21.9 Å². The molecule has 1 atom stereocenters. The van der Waals surface area contributed by atoms with Gasteiger partial charge in [0.05, 0.1) is 0 Å². The summed E-state index contributed by atoms with van der Waals surface area (Å²) >= 11 is 4.08. The maximum Gasteiger partial charge on any atom is 0.0158 e. The van der Waals surface area contributed by atoms with E-state index >= 15 is 0 Å². The highest BCUT2D eigenvalue weighted by atomic mass is 32.2. The first-order valence-electron chi connectivity index (χ1n) is 6.69. The van der Waals surface area contributed by atoms with Crippen molar-refractivity contribution in [3.05, 3.63) is 22.4 Å². The molecule has 1 aromatic rings. The smallest absolute Gasteiger partial charge is 0.0158 e. The minimum absolute atomic E-state index is 0.683. The molecule has 1 nitrogen and oxygen atoms in total. The topological polar surface area (TPSA) is 12.0 Å². The lowest BCUT2D eigenvalue weighted by molar-refractivity contribution is 0.574. The Balaban J connectivity index is 1.65. The molecule has 1 aromatic heterocycles. The number of rotatable bonds is 7. The molecule has 0 radical (unpaired) electrons. The quantitative estimate of drug-likeness (QED) is 0.804. The van der Waals surface area contributed by atoms with Crippen molar-refractivity contribution in [2.45, 2.75) is 49.8 Å². The lowest BCUT2D eigenvalue weighted by Crippen LogP contribution is -2.29. The van der Waals surface area contributed by atoms with E-state index in [0.717, 1.165) is 5.25 Å². The fourth-order valence-corrected chi connectivity index (χ4v) is 4.62. The van der Waals surface area contributed by atoms with Gasteiger partial charge in [-0.15, -0.1) is 11.3 Å². The molecular weight excluding hydrogens is 246 g/mol. The Labute approximate surface area is 113 Å². The zero-order valence-electron chi connectivity index (χ0n) is 10.7. The van der Waals surface area contributed by atoms with E-state index < -0.39 is 0 Å². The summed E-state index contributed by atoms with van der Waals surface area (Å²) in [5.74, 6) is 1.28. The molecule has 0 bridgehead atoms. The molecule has 17 heavy (non-hydrogen) atoms. The van der Waals surface area contributed by atoms with Gasteiger partial charge in [0.25, 0.3) is 0 Å². The first-order valence-corrected chi connectivity index (χ1v) is 8.62. The summed E-state index contributed by atoms with van der Waals surface area (Å²) in [5.41, 5.74) is 0. The van der Waals surface area contributed by atoms with Crippen molar-refractivity contribution in [3.8, 4) is 0 Å². The zero-order valence-corrected chi connectivity index (χ0v) is 12.3. The average molecular weight is 269 g/mol. The third kappa shape index (κ3) is 4.65. The fraction of sp³-hybridized carbons (Fsp3) is 0.714. The van der Waals surface area contributed by atoms with Crippen molar-refractivity contribution in [1.82, 2.24) is 5.32 Å². The minimum Gasteiger partial charge on any atom is -0.316 e. The van der Waals surface area contributed by atoms with Crippen LogP contribution in [0.25, 0.3) is 0 Å². The van der Waals surface area contributed by atoms with Crippen LogP contribution in [0, 0.1) is 0 Å². The second kappa shape index (κ2) is 7.45. The van der Waals surface area contributed by atoms with Crippen LogP contribution in [-0.2, 0) is 6.42 Å². The van der Waals surface area contributed by atoms with E-state index in [2.05, 4.69) is 41.6 Å². The number of thioether (sulfide) groups is 1. The molecule has 1 unspecified atom stereocenters. The molecule has 0 spiro atoms. The normalized spacial score (nSPS) is 18.6. The molecule has 1 fully saturated rings. The van der Waals surface area contributed by atoms with Crippen molar-refractivity contribution in [1.29, 1.82) is 0 Å². The zero-order chi connectivity index (χ0) is 11.9. The molecule has 0 aromatic carbocycles. The van der Waals surface area contributed by atoms with Gasteiger partial charge in [0.15, 0.2) is 0 Å². The SMILES string of the molecule is CNC(CCc1cccs1)CSC1CCCC1. The molecule has 1 heterocycles. The summed E-state index contributed by atoms with van der Waals surface area (Å²) in [6.07, 6.45) is 8.32. The van der Waals surface area contributed by atoms with E-state index in [1.165, 1.54) is 49.2 Å². The summed E-state index contributed by atoms with van der Waals surface area (Å²) in [5, 5.41) is 6.60. The molecule has 3 heteroatoms. The number of hydrogen-bond acceptors (Lipinski definition) is 3. The summed E-state index contributed by atoms with van der Waals surface area (Å²) < 4.78 is 0. The summed E-state index contributed by atoms with van der Waals surface area (Å²) in [7, 11) is 2.11. The largest absolute Gasteiger partial charge is 0.316 e. The van der Waals surface area contributed by atoms with Crippen molar-refractivity contribution >= 4 is 23.1 Å².